The van der Waals surface area contributed by atoms with Crippen LogP contribution in [-0.2, 0) is 23.1 Å². The van der Waals surface area contributed by atoms with E-state index in [1.165, 1.54) is 18.3 Å². The van der Waals surface area contributed by atoms with Crippen molar-refractivity contribution in [1.29, 1.82) is 0 Å². The summed E-state index contributed by atoms with van der Waals surface area (Å²) in [6.45, 7) is 1.50. The number of pyridine rings is 1. The third-order valence-corrected chi connectivity index (χ3v) is 6.19. The van der Waals surface area contributed by atoms with E-state index in [4.69, 9.17) is 0 Å². The van der Waals surface area contributed by atoms with Gasteiger partial charge < -0.3 is 39.9 Å². The van der Waals surface area contributed by atoms with Crippen LogP contribution in [-0.4, -0.2) is 28.7 Å². The van der Waals surface area contributed by atoms with Gasteiger partial charge in [-0.15, -0.1) is 11.3 Å². The Hall–Kier alpha value is -3.78. The molecule has 0 spiro atoms. The van der Waals surface area contributed by atoms with E-state index in [1.54, 1.807) is 52.5 Å². The standard InChI is InChI=1S/C27H23F2N5O3S.HI/c1-16(30-24(35)12-17-10-20(28)13-21(29)11-17)25(36)33-27-32-23(15-38-27)18-5-7-22(8-6-18)31-26(37)19-4-3-9-34(2)14-19;/h3-11,13-16H,12H2,1-2H3,(H2-,30,31,32,33,35,36,37);1H/t16-;/m0./s1. The van der Waals surface area contributed by atoms with Crippen molar-refractivity contribution >= 4 is 39.9 Å². The van der Waals surface area contributed by atoms with E-state index in [-0.39, 0.29) is 41.9 Å². The van der Waals surface area contributed by atoms with E-state index < -0.39 is 29.5 Å². The highest BCUT2D eigenvalue weighted by atomic mass is 127. The van der Waals surface area contributed by atoms with E-state index >= 15 is 0 Å². The maximum atomic E-state index is 13.3. The average molecular weight is 663 g/mol. The summed E-state index contributed by atoms with van der Waals surface area (Å²) in [7, 11) is 1.84. The van der Waals surface area contributed by atoms with Gasteiger partial charge in [-0.2, -0.15) is 0 Å². The number of carbonyl (C=O) groups is 3. The molecule has 202 valence electrons. The molecule has 3 N–H and O–H groups in total. The minimum atomic E-state index is -0.900. The second-order valence-corrected chi connectivity index (χ2v) is 9.42. The summed E-state index contributed by atoms with van der Waals surface area (Å²) in [5, 5.41) is 10.1. The van der Waals surface area contributed by atoms with E-state index in [0.717, 1.165) is 23.8 Å². The Morgan fingerprint density at radius 1 is 1.03 bits per heavy atom. The number of nitrogens with one attached hydrogen (secondary N) is 3. The van der Waals surface area contributed by atoms with Crippen molar-refractivity contribution in [3.63, 3.8) is 0 Å². The molecule has 2 aromatic carbocycles. The molecular weight excluding hydrogens is 639 g/mol. The number of carbonyl (C=O) groups excluding carboxylic acids is 3. The molecule has 2 aromatic heterocycles. The van der Waals surface area contributed by atoms with Gasteiger partial charge >= 0.3 is 0 Å². The first-order valence-electron chi connectivity index (χ1n) is 11.5. The largest absolute Gasteiger partial charge is 1.00 e. The lowest BCUT2D eigenvalue weighted by atomic mass is 10.1. The number of amides is 3. The molecular formula is C27H24F2IN5O3S. The van der Waals surface area contributed by atoms with Gasteiger partial charge in [-0.1, -0.05) is 12.1 Å². The maximum Gasteiger partial charge on any atom is 0.261 e. The van der Waals surface area contributed by atoms with Crippen LogP contribution < -0.4 is 44.5 Å². The number of hydrogen-bond acceptors (Lipinski definition) is 5. The molecule has 3 amide bonds. The highest BCUT2D eigenvalue weighted by Crippen LogP contribution is 2.26. The number of benzene rings is 2. The fourth-order valence-electron chi connectivity index (χ4n) is 3.58. The molecule has 0 radical (unpaired) electrons. The normalized spacial score (nSPS) is 11.2. The molecule has 0 saturated carbocycles. The minimum absolute atomic E-state index is 0. The number of nitrogens with zero attached hydrogens (tertiary/aromatic N) is 2. The second-order valence-electron chi connectivity index (χ2n) is 8.56. The van der Waals surface area contributed by atoms with Crippen LogP contribution in [0.3, 0.4) is 0 Å². The second kappa shape index (κ2) is 13.3. The van der Waals surface area contributed by atoms with Crippen molar-refractivity contribution in [2.45, 2.75) is 19.4 Å². The Labute approximate surface area is 244 Å². The Morgan fingerprint density at radius 2 is 1.72 bits per heavy atom. The smallest absolute Gasteiger partial charge is 0.261 e. The van der Waals surface area contributed by atoms with Gasteiger partial charge in [0.15, 0.2) is 17.5 Å². The zero-order chi connectivity index (χ0) is 27.2. The van der Waals surface area contributed by atoms with Gasteiger partial charge in [-0.3, -0.25) is 14.4 Å². The zero-order valence-electron chi connectivity index (χ0n) is 20.9. The lowest BCUT2D eigenvalue weighted by molar-refractivity contribution is -0.671. The summed E-state index contributed by atoms with van der Waals surface area (Å²) in [6, 6.07) is 12.6. The van der Waals surface area contributed by atoms with Gasteiger partial charge in [0, 0.05) is 28.8 Å². The topological polar surface area (TPSA) is 104 Å². The summed E-state index contributed by atoms with van der Waals surface area (Å²) < 4.78 is 28.4. The summed E-state index contributed by atoms with van der Waals surface area (Å²) in [5.41, 5.74) is 2.74. The lowest BCUT2D eigenvalue weighted by Gasteiger charge is -2.13. The van der Waals surface area contributed by atoms with Crippen LogP contribution in [0.2, 0.25) is 0 Å². The predicted molar refractivity (Wildman–Crippen MR) is 139 cm³/mol. The van der Waals surface area contributed by atoms with Gasteiger partial charge in [0.25, 0.3) is 5.91 Å². The van der Waals surface area contributed by atoms with Crippen molar-refractivity contribution in [2.75, 3.05) is 10.6 Å². The van der Waals surface area contributed by atoms with Crippen molar-refractivity contribution in [3.05, 3.63) is 95.1 Å². The quantitative estimate of drug-likeness (QED) is 0.192. The Morgan fingerprint density at radius 3 is 2.38 bits per heavy atom. The first kappa shape index (κ1) is 29.8. The van der Waals surface area contributed by atoms with Gasteiger partial charge in [0.05, 0.1) is 12.1 Å². The van der Waals surface area contributed by atoms with Gasteiger partial charge in [0.1, 0.15) is 30.3 Å². The molecule has 0 aliphatic carbocycles. The number of thiazole rings is 1. The molecule has 0 fully saturated rings. The van der Waals surface area contributed by atoms with Crippen LogP contribution >= 0.6 is 11.3 Å². The maximum absolute atomic E-state index is 13.3. The Bertz CT molecular complexity index is 1480. The number of aryl methyl sites for hydroxylation is 1. The molecule has 4 rings (SSSR count). The first-order valence-corrected chi connectivity index (χ1v) is 12.4. The molecule has 4 aromatic rings. The molecule has 0 aliphatic heterocycles. The van der Waals surface area contributed by atoms with Crippen molar-refractivity contribution < 1.29 is 51.7 Å². The van der Waals surface area contributed by atoms with E-state index in [1.807, 2.05) is 13.2 Å². The lowest BCUT2D eigenvalue weighted by Crippen LogP contribution is -3.00. The van der Waals surface area contributed by atoms with Crippen LogP contribution in [0.25, 0.3) is 11.3 Å². The average Bonchev–Trinajstić information content (AvgIpc) is 3.32. The number of anilines is 2. The molecule has 1 atom stereocenters. The number of aromatic nitrogens is 2. The van der Waals surface area contributed by atoms with E-state index in [0.29, 0.717) is 22.1 Å². The van der Waals surface area contributed by atoms with Gasteiger partial charge in [-0.25, -0.2) is 18.3 Å². The molecule has 39 heavy (non-hydrogen) atoms. The summed E-state index contributed by atoms with van der Waals surface area (Å²) >= 11 is 1.22. The molecule has 0 saturated heterocycles. The van der Waals surface area contributed by atoms with Gasteiger partial charge in [0.2, 0.25) is 11.8 Å². The number of hydrogen-bond donors (Lipinski definition) is 3. The third kappa shape index (κ3) is 8.35. The summed E-state index contributed by atoms with van der Waals surface area (Å²) in [6.07, 6.45) is 3.30. The molecule has 2 heterocycles. The molecule has 0 unspecified atom stereocenters. The van der Waals surface area contributed by atoms with Crippen LogP contribution in [0.15, 0.2) is 72.4 Å². The highest BCUT2D eigenvalue weighted by molar-refractivity contribution is 7.14. The first-order chi connectivity index (χ1) is 18.2. The van der Waals surface area contributed by atoms with E-state index in [9.17, 15) is 23.2 Å². The predicted octanol–water partition coefficient (Wildman–Crippen LogP) is 0.855. The molecule has 12 heteroatoms. The fraction of sp³-hybridized carbons (Fsp3) is 0.148. The van der Waals surface area contributed by atoms with Crippen LogP contribution in [0.4, 0.5) is 19.6 Å². The van der Waals surface area contributed by atoms with Gasteiger partial charge in [-0.05, 0) is 42.8 Å². The fourth-order valence-corrected chi connectivity index (χ4v) is 4.31. The third-order valence-electron chi connectivity index (χ3n) is 5.43. The van der Waals surface area contributed by atoms with Crippen molar-refractivity contribution in [1.82, 2.24) is 10.3 Å². The number of halogens is 3. The SMILES string of the molecule is C[C@H](NC(=O)Cc1cc(F)cc(F)c1)C(=O)Nc1nc(-c2ccc(NC(=O)c3ccc[n+](C)c3)cc2)cs1.[I-]. The molecule has 0 aliphatic rings. The molecule has 8 nitrogen and oxygen atoms in total. The number of rotatable bonds is 8. The monoisotopic (exact) mass is 663 g/mol. The Kier molecular flexibility index (Phi) is 10.2. The van der Waals surface area contributed by atoms with Crippen molar-refractivity contribution in [2.24, 2.45) is 7.05 Å². The highest BCUT2D eigenvalue weighted by Gasteiger charge is 2.18. The Balaban J connectivity index is 0.00000420. The summed E-state index contributed by atoms with van der Waals surface area (Å²) in [4.78, 5) is 41.6. The van der Waals surface area contributed by atoms with Crippen LogP contribution in [0, 0.1) is 11.6 Å². The zero-order valence-corrected chi connectivity index (χ0v) is 23.8. The van der Waals surface area contributed by atoms with Crippen LogP contribution in [0.1, 0.15) is 22.8 Å². The minimum Gasteiger partial charge on any atom is -1.00 e. The van der Waals surface area contributed by atoms with Crippen molar-refractivity contribution in [3.8, 4) is 11.3 Å². The van der Waals surface area contributed by atoms with Crippen LogP contribution in [0.5, 0.6) is 0 Å². The molecule has 0 bridgehead atoms. The van der Waals surface area contributed by atoms with E-state index in [2.05, 4.69) is 20.9 Å². The summed E-state index contributed by atoms with van der Waals surface area (Å²) in [5.74, 6) is -2.82.